The number of benzene rings is 1. The van der Waals surface area contributed by atoms with Crippen LogP contribution in [0, 0.1) is 17.8 Å². The number of carbonyl (C=O) groups excluding carboxylic acids is 4. The van der Waals surface area contributed by atoms with Crippen LogP contribution in [-0.4, -0.2) is 69.8 Å². The summed E-state index contributed by atoms with van der Waals surface area (Å²) in [6, 6.07) is 14.4. The van der Waals surface area contributed by atoms with Crippen molar-refractivity contribution in [3.05, 3.63) is 88.2 Å². The normalized spacial score (nSPS) is 27.5. The number of carbonyl (C=O) groups is 4. The van der Waals surface area contributed by atoms with Gasteiger partial charge in [-0.1, -0.05) is 49.3 Å². The number of H-pyrrole nitrogens is 1. The van der Waals surface area contributed by atoms with Crippen LogP contribution in [0.3, 0.4) is 0 Å². The lowest BCUT2D eigenvalue weighted by atomic mass is 9.85. The number of allylic oxidation sites excluding steroid dienone is 1. The van der Waals surface area contributed by atoms with Gasteiger partial charge in [0.25, 0.3) is 11.8 Å². The smallest absolute Gasteiger partial charge is 0.268 e. The van der Waals surface area contributed by atoms with Gasteiger partial charge in [-0.2, -0.15) is 0 Å². The lowest BCUT2D eigenvalue weighted by Gasteiger charge is -2.26. The van der Waals surface area contributed by atoms with Crippen molar-refractivity contribution in [3.8, 4) is 16.5 Å². The molecule has 3 amide bonds. The zero-order valence-electron chi connectivity index (χ0n) is 30.4. The van der Waals surface area contributed by atoms with E-state index in [-0.39, 0.29) is 36.6 Å². The zero-order chi connectivity index (χ0) is 39.0. The molecule has 8 rings (SSSR count). The van der Waals surface area contributed by atoms with Crippen molar-refractivity contribution < 1.29 is 32.3 Å². The topological polar surface area (TPSA) is 206 Å². The highest BCUT2D eigenvalue weighted by Gasteiger charge is 2.62. The van der Waals surface area contributed by atoms with E-state index < -0.39 is 74.0 Å². The summed E-state index contributed by atoms with van der Waals surface area (Å²) in [5.74, 6) is -4.52. The van der Waals surface area contributed by atoms with E-state index in [1.54, 1.807) is 0 Å². The number of rotatable bonds is 8. The van der Waals surface area contributed by atoms with Crippen LogP contribution in [-0.2, 0) is 24.4 Å². The number of aromatic nitrogens is 3. The summed E-state index contributed by atoms with van der Waals surface area (Å²) >= 11 is 1.47. The number of hydrogen-bond acceptors (Lipinski definition) is 11. The highest BCUT2D eigenvalue weighted by molar-refractivity contribution is 7.91. The van der Waals surface area contributed by atoms with Crippen molar-refractivity contribution in [1.82, 2.24) is 30.3 Å². The lowest BCUT2D eigenvalue weighted by molar-refractivity contribution is -0.136. The number of ketones is 1. The second-order valence-electron chi connectivity index (χ2n) is 15.1. The molecule has 0 spiro atoms. The van der Waals surface area contributed by atoms with Gasteiger partial charge >= 0.3 is 0 Å². The molecular formula is C40H42N6O8S2. The lowest BCUT2D eigenvalue weighted by Crippen LogP contribution is -2.54. The summed E-state index contributed by atoms with van der Waals surface area (Å²) < 4.78 is 34.6. The Morgan fingerprint density at radius 2 is 1.68 bits per heavy atom. The Morgan fingerprint density at radius 3 is 2.43 bits per heavy atom. The third kappa shape index (κ3) is 7.89. The molecule has 0 radical (unpaired) electrons. The quantitative estimate of drug-likeness (QED) is 0.187. The van der Waals surface area contributed by atoms with Crippen molar-refractivity contribution in [2.75, 3.05) is 0 Å². The van der Waals surface area contributed by atoms with Gasteiger partial charge in [-0.3, -0.25) is 28.7 Å². The predicted octanol–water partition coefficient (Wildman–Crippen LogP) is 4.19. The monoisotopic (exact) mass is 798 g/mol. The first-order chi connectivity index (χ1) is 27.0. The minimum absolute atomic E-state index is 0.00174. The molecule has 4 aromatic rings. The maximum atomic E-state index is 14.7. The summed E-state index contributed by atoms with van der Waals surface area (Å²) in [7, 11) is -3.91. The average molecular weight is 799 g/mol. The number of fused-ring (bicyclic) bond motifs is 3. The number of hydrogen-bond donors (Lipinski definition) is 4. The maximum absolute atomic E-state index is 14.7. The summed E-state index contributed by atoms with van der Waals surface area (Å²) in [5, 5.41) is 7.03. The number of nitrogens with zero attached hydrogens (tertiary/aromatic N) is 2. The van der Waals surface area contributed by atoms with E-state index in [0.717, 1.165) is 17.7 Å². The molecule has 3 aromatic heterocycles. The van der Waals surface area contributed by atoms with Crippen molar-refractivity contribution in [1.29, 1.82) is 0 Å². The third-order valence-electron chi connectivity index (χ3n) is 11.2. The fraction of sp³-hybridized carbons (Fsp3) is 0.425. The first-order valence-electron chi connectivity index (χ1n) is 19.1. The minimum atomic E-state index is -3.91. The summed E-state index contributed by atoms with van der Waals surface area (Å²) in [6.07, 6.45) is 7.51. The van der Waals surface area contributed by atoms with E-state index in [2.05, 4.69) is 20.3 Å². The molecule has 3 aliphatic carbocycles. The van der Waals surface area contributed by atoms with Crippen LogP contribution < -0.4 is 25.7 Å². The van der Waals surface area contributed by atoms with Crippen molar-refractivity contribution in [2.45, 2.75) is 87.1 Å². The summed E-state index contributed by atoms with van der Waals surface area (Å²) in [5.41, 5.74) is -0.180. The number of thiophene rings is 1. The number of nitrogens with one attached hydrogen (secondary N) is 4. The molecule has 0 bridgehead atoms. The minimum Gasteiger partial charge on any atom is -0.473 e. The first-order valence-corrected chi connectivity index (χ1v) is 21.5. The molecular weight excluding hydrogens is 757 g/mol. The highest BCUT2D eigenvalue weighted by atomic mass is 32.2. The van der Waals surface area contributed by atoms with Crippen molar-refractivity contribution in [3.63, 3.8) is 0 Å². The average Bonchev–Trinajstić information content (AvgIpc) is 4.05. The SMILES string of the molecule is O=C(N[C@@H]1CCCCC/C=C\C2C[C@@]2(C(=O)NS(=O)(=O)C2CC2)NC(=O)[C@@H]2C[C@@H](Oc3nc4ccccc4nc3-c3cccs3)CC2C1=O)c1cccc(=O)[nH]1. The molecule has 3 saturated carbocycles. The molecule has 4 N–H and O–H groups in total. The number of amides is 3. The van der Waals surface area contributed by atoms with Crippen molar-refractivity contribution >= 4 is 55.9 Å². The molecule has 1 aliphatic heterocycles. The number of para-hydroxylation sites is 2. The van der Waals surface area contributed by atoms with Crippen LogP contribution in [0.1, 0.15) is 74.7 Å². The number of ether oxygens (including phenoxy) is 1. The Hall–Kier alpha value is -5.22. The Balaban J connectivity index is 1.13. The fourth-order valence-electron chi connectivity index (χ4n) is 7.87. The molecule has 292 valence electrons. The standard InChI is InChI=1S/C40H42N6O8S2/c47-33-16-8-14-31(41-33)37(50)43-30-13-5-3-1-2-4-10-23-22-40(23,39(51)46-56(52,53)25-17-18-25)45-36(49)27-21-24(20-26(27)35(30)48)54-38-34(32-15-9-19-55-32)42-28-11-6-7-12-29(28)44-38/h4,6-12,14-16,19,23-27,30H,1-3,5,13,17-18,20-22H2,(H,41,47)(H,43,50)(H,45,49)(H,46,51)/b10-4-/t23?,24-,26?,27+,30+,40+/m0/s1. The van der Waals surface area contributed by atoms with Crippen LogP contribution >= 0.6 is 11.3 Å². The Kier molecular flexibility index (Phi) is 10.3. The van der Waals surface area contributed by atoms with E-state index >= 15 is 0 Å². The van der Waals surface area contributed by atoms with E-state index in [9.17, 15) is 32.4 Å². The largest absolute Gasteiger partial charge is 0.473 e. The molecule has 56 heavy (non-hydrogen) atoms. The molecule has 0 saturated heterocycles. The number of aromatic amines is 1. The predicted molar refractivity (Wildman–Crippen MR) is 208 cm³/mol. The van der Waals surface area contributed by atoms with Crippen LogP contribution in [0.4, 0.5) is 0 Å². The van der Waals surface area contributed by atoms with Gasteiger partial charge in [-0.25, -0.2) is 18.4 Å². The summed E-state index contributed by atoms with van der Waals surface area (Å²) in [4.78, 5) is 81.5. The first kappa shape index (κ1) is 37.7. The zero-order valence-corrected chi connectivity index (χ0v) is 32.1. The second kappa shape index (κ2) is 15.4. The maximum Gasteiger partial charge on any atom is 0.268 e. The molecule has 6 atom stereocenters. The molecule has 2 unspecified atom stereocenters. The molecule has 4 heterocycles. The number of Topliss-reactive ketones (excluding diaryl/α,β-unsaturated/α-hetero) is 1. The van der Waals surface area contributed by atoms with E-state index in [0.29, 0.717) is 48.8 Å². The molecule has 1 aromatic carbocycles. The van der Waals surface area contributed by atoms with E-state index in [1.165, 1.54) is 29.5 Å². The van der Waals surface area contributed by atoms with Gasteiger partial charge in [0.2, 0.25) is 27.4 Å². The van der Waals surface area contributed by atoms with E-state index in [1.807, 2.05) is 53.9 Å². The van der Waals surface area contributed by atoms with Crippen molar-refractivity contribution in [2.24, 2.45) is 17.8 Å². The van der Waals surface area contributed by atoms with Crippen LogP contribution in [0.25, 0.3) is 21.6 Å². The van der Waals surface area contributed by atoms with Gasteiger partial charge in [0.05, 0.1) is 33.1 Å². The van der Waals surface area contributed by atoms with Gasteiger partial charge in [0.15, 0.2) is 5.78 Å². The Labute approximate surface area is 327 Å². The molecule has 3 fully saturated rings. The van der Waals surface area contributed by atoms with Crippen LogP contribution in [0.5, 0.6) is 5.88 Å². The van der Waals surface area contributed by atoms with Gasteiger partial charge in [-0.15, -0.1) is 11.3 Å². The van der Waals surface area contributed by atoms with Crippen LogP contribution in [0.15, 0.2) is 76.9 Å². The number of sulfonamides is 1. The third-order valence-corrected chi connectivity index (χ3v) is 13.8. The highest BCUT2D eigenvalue weighted by Crippen LogP contribution is 2.47. The fourth-order valence-corrected chi connectivity index (χ4v) is 9.94. The van der Waals surface area contributed by atoms with Gasteiger partial charge < -0.3 is 20.4 Å². The van der Waals surface area contributed by atoms with Gasteiger partial charge in [-0.05, 0) is 81.0 Å². The Morgan fingerprint density at radius 1 is 0.893 bits per heavy atom. The second-order valence-corrected chi connectivity index (χ2v) is 18.0. The molecule has 16 heteroatoms. The summed E-state index contributed by atoms with van der Waals surface area (Å²) in [6.45, 7) is 0. The Bertz CT molecular complexity index is 2380. The van der Waals surface area contributed by atoms with Crippen LogP contribution in [0.2, 0.25) is 0 Å². The van der Waals surface area contributed by atoms with Gasteiger partial charge in [0, 0.05) is 17.9 Å². The molecule has 4 aliphatic rings. The number of pyridine rings is 1. The molecule has 14 nitrogen and oxygen atoms in total. The van der Waals surface area contributed by atoms with E-state index in [4.69, 9.17) is 14.7 Å². The van der Waals surface area contributed by atoms with Gasteiger partial charge in [0.1, 0.15) is 23.0 Å².